The summed E-state index contributed by atoms with van der Waals surface area (Å²) in [5.41, 5.74) is 0. The van der Waals surface area contributed by atoms with Crippen molar-refractivity contribution < 1.29 is 4.42 Å². The van der Waals surface area contributed by atoms with Gasteiger partial charge < -0.3 is 9.73 Å². The van der Waals surface area contributed by atoms with Crippen LogP contribution < -0.4 is 5.32 Å². The molecule has 4 nitrogen and oxygen atoms in total. The van der Waals surface area contributed by atoms with Crippen molar-refractivity contribution in [1.29, 1.82) is 0 Å². The van der Waals surface area contributed by atoms with Gasteiger partial charge >= 0.3 is 0 Å². The van der Waals surface area contributed by atoms with Crippen molar-refractivity contribution >= 4 is 0 Å². The summed E-state index contributed by atoms with van der Waals surface area (Å²) in [6.45, 7) is 2.27. The van der Waals surface area contributed by atoms with E-state index in [1.807, 2.05) is 0 Å². The van der Waals surface area contributed by atoms with Crippen LogP contribution in [-0.4, -0.2) is 23.3 Å². The molecule has 16 heavy (non-hydrogen) atoms. The maximum Gasteiger partial charge on any atom is 0.219 e. The molecule has 1 aromatic rings. The zero-order valence-corrected chi connectivity index (χ0v) is 9.61. The summed E-state index contributed by atoms with van der Waals surface area (Å²) in [6.07, 6.45) is 7.23. The van der Waals surface area contributed by atoms with Gasteiger partial charge in [0.1, 0.15) is 0 Å². The molecule has 1 aromatic heterocycles. The SMILES string of the molecule is C1CC(c2nnc(CC3CCNCC3)o2)C1. The summed E-state index contributed by atoms with van der Waals surface area (Å²) in [5.74, 6) is 3.04. The van der Waals surface area contributed by atoms with Crippen molar-refractivity contribution in [3.05, 3.63) is 11.8 Å². The molecule has 4 heteroatoms. The topological polar surface area (TPSA) is 51.0 Å². The summed E-state index contributed by atoms with van der Waals surface area (Å²) in [4.78, 5) is 0. The van der Waals surface area contributed by atoms with Crippen molar-refractivity contribution in [3.63, 3.8) is 0 Å². The lowest BCUT2D eigenvalue weighted by Crippen LogP contribution is -2.28. The van der Waals surface area contributed by atoms with Crippen LogP contribution in [0.4, 0.5) is 0 Å². The van der Waals surface area contributed by atoms with Crippen LogP contribution in [0, 0.1) is 5.92 Å². The van der Waals surface area contributed by atoms with Crippen LogP contribution in [0.5, 0.6) is 0 Å². The molecule has 1 saturated heterocycles. The number of piperidine rings is 1. The number of hydrogen-bond donors (Lipinski definition) is 1. The van der Waals surface area contributed by atoms with Crippen LogP contribution >= 0.6 is 0 Å². The molecule has 2 heterocycles. The third kappa shape index (κ3) is 2.12. The molecule has 1 saturated carbocycles. The second-order valence-electron chi connectivity index (χ2n) is 5.06. The van der Waals surface area contributed by atoms with E-state index in [0.717, 1.165) is 37.2 Å². The lowest BCUT2D eigenvalue weighted by molar-refractivity contribution is 0.303. The van der Waals surface area contributed by atoms with Crippen LogP contribution in [0.2, 0.25) is 0 Å². The minimum Gasteiger partial charge on any atom is -0.425 e. The summed E-state index contributed by atoms with van der Waals surface area (Å²) >= 11 is 0. The van der Waals surface area contributed by atoms with E-state index in [-0.39, 0.29) is 0 Å². The van der Waals surface area contributed by atoms with Gasteiger partial charge in [-0.05, 0) is 44.7 Å². The maximum absolute atomic E-state index is 5.75. The minimum atomic E-state index is 0.564. The Morgan fingerprint density at radius 2 is 1.94 bits per heavy atom. The normalized spacial score (nSPS) is 23.2. The summed E-state index contributed by atoms with van der Waals surface area (Å²) in [5, 5.41) is 11.7. The Labute approximate surface area is 95.8 Å². The Morgan fingerprint density at radius 1 is 1.12 bits per heavy atom. The highest BCUT2D eigenvalue weighted by Crippen LogP contribution is 2.35. The molecule has 1 aliphatic carbocycles. The zero-order chi connectivity index (χ0) is 10.8. The average molecular weight is 221 g/mol. The molecule has 2 aliphatic rings. The standard InChI is InChI=1S/C12H19N3O/c1-2-10(3-1)12-15-14-11(16-12)8-9-4-6-13-7-5-9/h9-10,13H,1-8H2. The van der Waals surface area contributed by atoms with Crippen LogP contribution in [0.3, 0.4) is 0 Å². The van der Waals surface area contributed by atoms with E-state index in [2.05, 4.69) is 15.5 Å². The maximum atomic E-state index is 5.75. The molecule has 0 atom stereocenters. The molecule has 0 aromatic carbocycles. The molecule has 3 rings (SSSR count). The highest BCUT2D eigenvalue weighted by Gasteiger charge is 2.25. The molecular formula is C12H19N3O. The van der Waals surface area contributed by atoms with E-state index < -0.39 is 0 Å². The Hall–Kier alpha value is -0.900. The summed E-state index contributed by atoms with van der Waals surface area (Å²) in [7, 11) is 0. The van der Waals surface area contributed by atoms with Gasteiger partial charge in [0.15, 0.2) is 0 Å². The molecule has 0 unspecified atom stereocenters. The molecule has 0 bridgehead atoms. The molecular weight excluding hydrogens is 202 g/mol. The fourth-order valence-electron chi connectivity index (χ4n) is 2.50. The van der Waals surface area contributed by atoms with Gasteiger partial charge in [-0.15, -0.1) is 10.2 Å². The number of aromatic nitrogens is 2. The first-order chi connectivity index (χ1) is 7.92. The smallest absolute Gasteiger partial charge is 0.219 e. The van der Waals surface area contributed by atoms with E-state index in [9.17, 15) is 0 Å². The molecule has 0 radical (unpaired) electrons. The van der Waals surface area contributed by atoms with Crippen molar-refractivity contribution in [3.8, 4) is 0 Å². The van der Waals surface area contributed by atoms with Gasteiger partial charge in [-0.2, -0.15) is 0 Å². The largest absolute Gasteiger partial charge is 0.425 e. The second kappa shape index (κ2) is 4.53. The molecule has 0 spiro atoms. The Bertz CT molecular complexity index is 340. The Morgan fingerprint density at radius 3 is 2.62 bits per heavy atom. The molecule has 0 amide bonds. The van der Waals surface area contributed by atoms with Gasteiger partial charge in [0.05, 0.1) is 0 Å². The lowest BCUT2D eigenvalue weighted by atomic mass is 9.85. The third-order valence-corrected chi connectivity index (χ3v) is 3.86. The summed E-state index contributed by atoms with van der Waals surface area (Å²) in [6, 6.07) is 0. The molecule has 2 fully saturated rings. The summed E-state index contributed by atoms with van der Waals surface area (Å²) < 4.78 is 5.75. The molecule has 88 valence electrons. The highest BCUT2D eigenvalue weighted by atomic mass is 16.4. The van der Waals surface area contributed by atoms with Crippen molar-refractivity contribution in [2.45, 2.75) is 44.4 Å². The van der Waals surface area contributed by atoms with Crippen LogP contribution in [0.25, 0.3) is 0 Å². The van der Waals surface area contributed by atoms with Crippen molar-refractivity contribution in [1.82, 2.24) is 15.5 Å². The van der Waals surface area contributed by atoms with E-state index in [4.69, 9.17) is 4.42 Å². The van der Waals surface area contributed by atoms with Gasteiger partial charge in [0.25, 0.3) is 0 Å². The number of nitrogens with zero attached hydrogens (tertiary/aromatic N) is 2. The number of hydrogen-bond acceptors (Lipinski definition) is 4. The van der Waals surface area contributed by atoms with Crippen molar-refractivity contribution in [2.24, 2.45) is 5.92 Å². The van der Waals surface area contributed by atoms with Gasteiger partial charge in [-0.25, -0.2) is 0 Å². The monoisotopic (exact) mass is 221 g/mol. The fraction of sp³-hybridized carbons (Fsp3) is 0.833. The molecule has 1 aliphatic heterocycles. The Kier molecular flexibility index (Phi) is 2.91. The number of nitrogens with one attached hydrogen (secondary N) is 1. The van der Waals surface area contributed by atoms with Crippen LogP contribution in [-0.2, 0) is 6.42 Å². The van der Waals surface area contributed by atoms with Crippen LogP contribution in [0.15, 0.2) is 4.42 Å². The van der Waals surface area contributed by atoms with Gasteiger partial charge in [-0.3, -0.25) is 0 Å². The van der Waals surface area contributed by atoms with Crippen LogP contribution in [0.1, 0.15) is 49.8 Å². The van der Waals surface area contributed by atoms with E-state index in [1.54, 1.807) is 0 Å². The second-order valence-corrected chi connectivity index (χ2v) is 5.06. The van der Waals surface area contributed by atoms with Gasteiger partial charge in [0.2, 0.25) is 11.8 Å². The predicted octanol–water partition coefficient (Wildman–Crippen LogP) is 1.88. The quantitative estimate of drug-likeness (QED) is 0.846. The third-order valence-electron chi connectivity index (χ3n) is 3.86. The molecule has 1 N–H and O–H groups in total. The fourth-order valence-corrected chi connectivity index (χ4v) is 2.50. The predicted molar refractivity (Wildman–Crippen MR) is 60.2 cm³/mol. The highest BCUT2D eigenvalue weighted by molar-refractivity contribution is 4.96. The van der Waals surface area contributed by atoms with Gasteiger partial charge in [0, 0.05) is 12.3 Å². The number of rotatable bonds is 3. The minimum absolute atomic E-state index is 0.564. The van der Waals surface area contributed by atoms with Crippen molar-refractivity contribution in [2.75, 3.05) is 13.1 Å². The van der Waals surface area contributed by atoms with Gasteiger partial charge in [-0.1, -0.05) is 6.42 Å². The Balaban J connectivity index is 1.58. The zero-order valence-electron chi connectivity index (χ0n) is 9.61. The lowest BCUT2D eigenvalue weighted by Gasteiger charge is -2.21. The van der Waals surface area contributed by atoms with E-state index >= 15 is 0 Å². The first-order valence-electron chi connectivity index (χ1n) is 6.45. The van der Waals surface area contributed by atoms with E-state index in [1.165, 1.54) is 32.1 Å². The van der Waals surface area contributed by atoms with E-state index in [0.29, 0.717) is 5.92 Å². The average Bonchev–Trinajstić information content (AvgIpc) is 2.65. The first kappa shape index (κ1) is 10.3. The first-order valence-corrected chi connectivity index (χ1v) is 6.45.